The molecule has 0 aliphatic carbocycles. The number of hydrogen-bond donors (Lipinski definition) is 1. The van der Waals surface area contributed by atoms with Gasteiger partial charge < -0.3 is 4.98 Å². The first-order valence-electron chi connectivity index (χ1n) is 5.51. The summed E-state index contributed by atoms with van der Waals surface area (Å²) in [5.74, 6) is 0. The Morgan fingerprint density at radius 3 is 3.07 bits per heavy atom. The van der Waals surface area contributed by atoms with E-state index < -0.39 is 0 Å². The molecule has 0 radical (unpaired) electrons. The average molecular weight is 223 g/mol. The maximum Gasteiger partial charge on any atom is 0.197 e. The molecular weight excluding hydrogens is 206 g/mol. The summed E-state index contributed by atoms with van der Waals surface area (Å²) >= 11 is 5.09. The Labute approximate surface area is 95.5 Å². The summed E-state index contributed by atoms with van der Waals surface area (Å²) in [6.07, 6.45) is 2.25. The van der Waals surface area contributed by atoms with Crippen LogP contribution in [0.1, 0.15) is 30.3 Å². The minimum absolute atomic E-state index is 0.621. The standard InChI is InChI=1S/C11H17N3S/c1-3-5-14-6-4-10-9(7-14)8(2)12-11(15)13-10/h3-7H2,1-2H3,(H,12,13,15). The molecule has 2 rings (SSSR count). The van der Waals surface area contributed by atoms with Crippen LogP contribution in [0.5, 0.6) is 0 Å². The maximum absolute atomic E-state index is 5.09. The highest BCUT2D eigenvalue weighted by molar-refractivity contribution is 7.71. The molecule has 15 heavy (non-hydrogen) atoms. The number of aromatic amines is 1. The van der Waals surface area contributed by atoms with E-state index in [4.69, 9.17) is 12.2 Å². The molecule has 0 saturated heterocycles. The Balaban J connectivity index is 2.29. The van der Waals surface area contributed by atoms with Crippen molar-refractivity contribution in [1.29, 1.82) is 0 Å². The lowest BCUT2D eigenvalue weighted by Crippen LogP contribution is -2.32. The minimum Gasteiger partial charge on any atom is -0.334 e. The van der Waals surface area contributed by atoms with Crippen LogP contribution in [0.3, 0.4) is 0 Å². The van der Waals surface area contributed by atoms with Gasteiger partial charge in [0, 0.05) is 30.8 Å². The van der Waals surface area contributed by atoms with Gasteiger partial charge in [0.05, 0.1) is 5.69 Å². The maximum atomic E-state index is 5.09. The Morgan fingerprint density at radius 1 is 1.53 bits per heavy atom. The Hall–Kier alpha value is -0.740. The average Bonchev–Trinajstić information content (AvgIpc) is 2.19. The van der Waals surface area contributed by atoms with Gasteiger partial charge in [-0.15, -0.1) is 0 Å². The Kier molecular flexibility index (Phi) is 3.17. The lowest BCUT2D eigenvalue weighted by atomic mass is 10.0. The summed E-state index contributed by atoms with van der Waals surface area (Å²) in [7, 11) is 0. The van der Waals surface area contributed by atoms with Crippen LogP contribution in [0.2, 0.25) is 0 Å². The lowest BCUT2D eigenvalue weighted by molar-refractivity contribution is 0.251. The van der Waals surface area contributed by atoms with Crippen molar-refractivity contribution >= 4 is 12.2 Å². The molecule has 1 aromatic rings. The topological polar surface area (TPSA) is 31.9 Å². The molecular formula is C11H17N3S. The summed E-state index contributed by atoms with van der Waals surface area (Å²) in [6, 6.07) is 0. The number of nitrogens with zero attached hydrogens (tertiary/aromatic N) is 2. The number of aromatic nitrogens is 2. The predicted molar refractivity (Wildman–Crippen MR) is 63.4 cm³/mol. The van der Waals surface area contributed by atoms with Crippen molar-refractivity contribution in [3.05, 3.63) is 21.7 Å². The van der Waals surface area contributed by atoms with E-state index in [9.17, 15) is 0 Å². The van der Waals surface area contributed by atoms with Gasteiger partial charge in [0.15, 0.2) is 4.77 Å². The number of fused-ring (bicyclic) bond motifs is 1. The molecule has 0 amide bonds. The molecule has 0 spiro atoms. The third kappa shape index (κ3) is 2.26. The Morgan fingerprint density at radius 2 is 2.33 bits per heavy atom. The monoisotopic (exact) mass is 223 g/mol. The van der Waals surface area contributed by atoms with Crippen molar-refractivity contribution in [2.45, 2.75) is 33.2 Å². The van der Waals surface area contributed by atoms with Crippen molar-refractivity contribution in [3.63, 3.8) is 0 Å². The van der Waals surface area contributed by atoms with Crippen molar-refractivity contribution in [3.8, 4) is 0 Å². The van der Waals surface area contributed by atoms with Crippen molar-refractivity contribution in [1.82, 2.24) is 14.9 Å². The van der Waals surface area contributed by atoms with Crippen LogP contribution in [0.4, 0.5) is 0 Å². The van der Waals surface area contributed by atoms with Crippen molar-refractivity contribution in [2.75, 3.05) is 13.1 Å². The molecule has 0 atom stereocenters. The third-order valence-electron chi connectivity index (χ3n) is 2.92. The summed E-state index contributed by atoms with van der Waals surface area (Å²) in [5, 5.41) is 0. The first-order chi connectivity index (χ1) is 7.20. The van der Waals surface area contributed by atoms with Gasteiger partial charge >= 0.3 is 0 Å². The quantitative estimate of drug-likeness (QED) is 0.780. The van der Waals surface area contributed by atoms with Crippen molar-refractivity contribution in [2.24, 2.45) is 0 Å². The highest BCUT2D eigenvalue weighted by Gasteiger charge is 2.18. The van der Waals surface area contributed by atoms with Gasteiger partial charge in [-0.1, -0.05) is 6.92 Å². The van der Waals surface area contributed by atoms with E-state index in [0.29, 0.717) is 4.77 Å². The molecule has 1 aliphatic rings. The minimum atomic E-state index is 0.621. The molecule has 0 bridgehead atoms. The second-order valence-electron chi connectivity index (χ2n) is 4.12. The second kappa shape index (κ2) is 4.41. The summed E-state index contributed by atoms with van der Waals surface area (Å²) in [5.41, 5.74) is 3.73. The van der Waals surface area contributed by atoms with Crippen LogP contribution in [-0.2, 0) is 13.0 Å². The van der Waals surface area contributed by atoms with E-state index >= 15 is 0 Å². The molecule has 0 fully saturated rings. The van der Waals surface area contributed by atoms with Gasteiger partial charge in [-0.2, -0.15) is 0 Å². The van der Waals surface area contributed by atoms with Gasteiger partial charge in [0.25, 0.3) is 0 Å². The van der Waals surface area contributed by atoms with Crippen LogP contribution in [0, 0.1) is 11.7 Å². The lowest BCUT2D eigenvalue weighted by Gasteiger charge is -2.28. The first-order valence-corrected chi connectivity index (χ1v) is 5.92. The highest BCUT2D eigenvalue weighted by atomic mass is 32.1. The van der Waals surface area contributed by atoms with Crippen LogP contribution in [0.25, 0.3) is 0 Å². The van der Waals surface area contributed by atoms with Crippen LogP contribution in [-0.4, -0.2) is 28.0 Å². The number of aryl methyl sites for hydroxylation is 1. The van der Waals surface area contributed by atoms with E-state index in [1.165, 1.54) is 29.9 Å². The zero-order valence-corrected chi connectivity index (χ0v) is 10.2. The van der Waals surface area contributed by atoms with Gasteiger partial charge in [0.1, 0.15) is 0 Å². The van der Waals surface area contributed by atoms with Gasteiger partial charge in [-0.25, -0.2) is 4.98 Å². The van der Waals surface area contributed by atoms with E-state index in [0.717, 1.165) is 19.5 Å². The first kappa shape index (κ1) is 10.8. The Bertz CT molecular complexity index is 411. The van der Waals surface area contributed by atoms with Crippen LogP contribution in [0.15, 0.2) is 0 Å². The van der Waals surface area contributed by atoms with Gasteiger partial charge in [-0.3, -0.25) is 4.90 Å². The fraction of sp³-hybridized carbons (Fsp3) is 0.636. The molecule has 1 aliphatic heterocycles. The molecule has 1 N–H and O–H groups in total. The van der Waals surface area contributed by atoms with E-state index in [2.05, 4.69) is 28.7 Å². The summed E-state index contributed by atoms with van der Waals surface area (Å²) < 4.78 is 0.621. The molecule has 2 heterocycles. The van der Waals surface area contributed by atoms with Gasteiger partial charge in [-0.05, 0) is 32.1 Å². The zero-order valence-electron chi connectivity index (χ0n) is 9.34. The number of rotatable bonds is 2. The van der Waals surface area contributed by atoms with Gasteiger partial charge in [0.2, 0.25) is 0 Å². The SMILES string of the molecule is CCCN1CCc2nc(=S)[nH]c(C)c2C1. The van der Waals surface area contributed by atoms with Crippen LogP contribution >= 0.6 is 12.2 Å². The van der Waals surface area contributed by atoms with E-state index in [1.807, 2.05) is 0 Å². The molecule has 82 valence electrons. The van der Waals surface area contributed by atoms with Crippen LogP contribution < -0.4 is 0 Å². The molecule has 4 heteroatoms. The molecule has 1 aromatic heterocycles. The summed E-state index contributed by atoms with van der Waals surface area (Å²) in [6.45, 7) is 7.62. The number of hydrogen-bond acceptors (Lipinski definition) is 3. The zero-order chi connectivity index (χ0) is 10.8. The normalized spacial score (nSPS) is 16.4. The summed E-state index contributed by atoms with van der Waals surface area (Å²) in [4.78, 5) is 10.0. The van der Waals surface area contributed by atoms with E-state index in [1.54, 1.807) is 0 Å². The smallest absolute Gasteiger partial charge is 0.197 e. The fourth-order valence-electron chi connectivity index (χ4n) is 2.16. The van der Waals surface area contributed by atoms with Crippen molar-refractivity contribution < 1.29 is 0 Å². The molecule has 0 aromatic carbocycles. The number of nitrogens with one attached hydrogen (secondary N) is 1. The molecule has 0 saturated carbocycles. The molecule has 3 nitrogen and oxygen atoms in total. The largest absolute Gasteiger partial charge is 0.334 e. The predicted octanol–water partition coefficient (Wildman–Crippen LogP) is 2.22. The third-order valence-corrected chi connectivity index (χ3v) is 3.11. The number of H-pyrrole nitrogens is 1. The van der Waals surface area contributed by atoms with E-state index in [-0.39, 0.29) is 0 Å². The fourth-order valence-corrected chi connectivity index (χ4v) is 2.42. The highest BCUT2D eigenvalue weighted by Crippen LogP contribution is 2.19. The second-order valence-corrected chi connectivity index (χ2v) is 4.51. The molecule has 0 unspecified atom stereocenters.